The van der Waals surface area contributed by atoms with Gasteiger partial charge in [-0.3, -0.25) is 14.5 Å². The van der Waals surface area contributed by atoms with Gasteiger partial charge in [-0.05, 0) is 50.0 Å². The molecule has 0 fully saturated rings. The minimum atomic E-state index is -0.330. The lowest BCUT2D eigenvalue weighted by molar-refractivity contribution is -0.125. The Balaban J connectivity index is 1.68. The maximum atomic E-state index is 13.5. The summed E-state index contributed by atoms with van der Waals surface area (Å²) in [7, 11) is 3.71. The van der Waals surface area contributed by atoms with E-state index >= 15 is 0 Å². The number of fused-ring (bicyclic) bond motifs is 1. The number of hydrogen-bond donors (Lipinski definition) is 1. The molecular formula is C20H21ClFN3O3. The highest BCUT2D eigenvalue weighted by Crippen LogP contribution is 2.34. The van der Waals surface area contributed by atoms with Crippen LogP contribution < -0.4 is 15.0 Å². The molecule has 0 aromatic heterocycles. The molecule has 1 N–H and O–H groups in total. The van der Waals surface area contributed by atoms with Crippen LogP contribution in [0.25, 0.3) is 0 Å². The molecule has 8 heteroatoms. The normalized spacial score (nSPS) is 14.5. The second-order valence-electron chi connectivity index (χ2n) is 6.72. The standard InChI is InChI=1S/C20H21ClFN3O3/c1-24(2)17(13-4-3-5-15(22)8-13)10-23-19(26)11-25-16-9-14(21)6-7-18(16)28-12-20(25)27/h3-9,17H,10-12H2,1-2H3,(H,23,26). The van der Waals surface area contributed by atoms with E-state index in [1.807, 2.05) is 25.1 Å². The number of benzene rings is 2. The summed E-state index contributed by atoms with van der Waals surface area (Å²) in [6.07, 6.45) is 0. The lowest BCUT2D eigenvalue weighted by atomic mass is 10.1. The fourth-order valence-electron chi connectivity index (χ4n) is 3.07. The Labute approximate surface area is 167 Å². The molecule has 28 heavy (non-hydrogen) atoms. The minimum absolute atomic E-state index is 0.133. The molecule has 1 aliphatic heterocycles. The van der Waals surface area contributed by atoms with Crippen LogP contribution in [0.3, 0.4) is 0 Å². The Morgan fingerprint density at radius 1 is 1.32 bits per heavy atom. The summed E-state index contributed by atoms with van der Waals surface area (Å²) in [6.45, 7) is -0.0133. The minimum Gasteiger partial charge on any atom is -0.482 e. The molecule has 1 unspecified atom stereocenters. The van der Waals surface area contributed by atoms with Crippen LogP contribution in [0.15, 0.2) is 42.5 Å². The molecule has 0 radical (unpaired) electrons. The van der Waals surface area contributed by atoms with Gasteiger partial charge in [0.05, 0.1) is 11.7 Å². The Morgan fingerprint density at radius 2 is 2.11 bits per heavy atom. The molecule has 0 bridgehead atoms. The van der Waals surface area contributed by atoms with E-state index in [0.29, 0.717) is 16.5 Å². The smallest absolute Gasteiger partial charge is 0.265 e. The monoisotopic (exact) mass is 405 g/mol. The maximum absolute atomic E-state index is 13.5. The summed E-state index contributed by atoms with van der Waals surface area (Å²) in [5.74, 6) is -0.477. The summed E-state index contributed by atoms with van der Waals surface area (Å²) >= 11 is 6.01. The first-order chi connectivity index (χ1) is 13.3. The number of nitrogens with one attached hydrogen (secondary N) is 1. The topological polar surface area (TPSA) is 61.9 Å². The third-order valence-corrected chi connectivity index (χ3v) is 4.75. The highest BCUT2D eigenvalue weighted by molar-refractivity contribution is 6.31. The van der Waals surface area contributed by atoms with E-state index in [4.69, 9.17) is 16.3 Å². The Kier molecular flexibility index (Phi) is 6.16. The van der Waals surface area contributed by atoms with E-state index in [9.17, 15) is 14.0 Å². The number of halogens is 2. The molecule has 1 heterocycles. The summed E-state index contributed by atoms with van der Waals surface area (Å²) < 4.78 is 18.9. The summed E-state index contributed by atoms with van der Waals surface area (Å²) in [6, 6.07) is 11.0. The second-order valence-corrected chi connectivity index (χ2v) is 7.16. The highest BCUT2D eigenvalue weighted by Gasteiger charge is 2.28. The van der Waals surface area contributed by atoms with Gasteiger partial charge in [-0.15, -0.1) is 0 Å². The molecule has 2 aromatic rings. The van der Waals surface area contributed by atoms with Crippen molar-refractivity contribution in [1.82, 2.24) is 10.2 Å². The van der Waals surface area contributed by atoms with Crippen molar-refractivity contribution < 1.29 is 18.7 Å². The van der Waals surface area contributed by atoms with Crippen molar-refractivity contribution in [2.75, 3.05) is 38.7 Å². The average Bonchev–Trinajstić information content (AvgIpc) is 2.64. The number of likely N-dealkylation sites (N-methyl/N-ethyl adjacent to an activating group) is 1. The number of rotatable bonds is 6. The molecular weight excluding hydrogens is 385 g/mol. The van der Waals surface area contributed by atoms with Gasteiger partial charge < -0.3 is 15.0 Å². The molecule has 1 atom stereocenters. The van der Waals surface area contributed by atoms with Gasteiger partial charge in [0.1, 0.15) is 18.1 Å². The number of carbonyl (C=O) groups is 2. The van der Waals surface area contributed by atoms with Gasteiger partial charge in [0.2, 0.25) is 5.91 Å². The van der Waals surface area contributed by atoms with Crippen LogP contribution in [0.2, 0.25) is 5.02 Å². The van der Waals surface area contributed by atoms with Crippen LogP contribution in [0.4, 0.5) is 10.1 Å². The molecule has 0 saturated carbocycles. The molecule has 148 valence electrons. The van der Waals surface area contributed by atoms with E-state index in [-0.39, 0.29) is 43.4 Å². The molecule has 1 aliphatic rings. The molecule has 3 rings (SSSR count). The van der Waals surface area contributed by atoms with Crippen molar-refractivity contribution in [3.05, 3.63) is 58.9 Å². The lowest BCUT2D eigenvalue weighted by Crippen LogP contribution is -2.46. The van der Waals surface area contributed by atoms with Crippen molar-refractivity contribution >= 4 is 29.1 Å². The Morgan fingerprint density at radius 3 is 2.82 bits per heavy atom. The number of anilines is 1. The Bertz CT molecular complexity index is 891. The average molecular weight is 406 g/mol. The number of ether oxygens (including phenoxy) is 1. The molecule has 0 aliphatic carbocycles. The lowest BCUT2D eigenvalue weighted by Gasteiger charge is -2.30. The van der Waals surface area contributed by atoms with Crippen molar-refractivity contribution in [2.45, 2.75) is 6.04 Å². The van der Waals surface area contributed by atoms with Crippen molar-refractivity contribution in [2.24, 2.45) is 0 Å². The first kappa shape index (κ1) is 20.1. The third-order valence-electron chi connectivity index (χ3n) is 4.52. The predicted octanol–water partition coefficient (Wildman–Crippen LogP) is 2.62. The fraction of sp³-hybridized carbons (Fsp3) is 0.300. The van der Waals surface area contributed by atoms with E-state index in [1.165, 1.54) is 17.0 Å². The largest absolute Gasteiger partial charge is 0.482 e. The Hall–Kier alpha value is -2.64. The fourth-order valence-corrected chi connectivity index (χ4v) is 3.24. The van der Waals surface area contributed by atoms with E-state index in [2.05, 4.69) is 5.32 Å². The van der Waals surface area contributed by atoms with Crippen LogP contribution in [-0.4, -0.2) is 50.5 Å². The zero-order valence-corrected chi connectivity index (χ0v) is 16.4. The van der Waals surface area contributed by atoms with Crippen molar-refractivity contribution in [1.29, 1.82) is 0 Å². The van der Waals surface area contributed by atoms with E-state index < -0.39 is 0 Å². The molecule has 6 nitrogen and oxygen atoms in total. The van der Waals surface area contributed by atoms with E-state index in [1.54, 1.807) is 24.3 Å². The number of amides is 2. The first-order valence-corrected chi connectivity index (χ1v) is 9.14. The van der Waals surface area contributed by atoms with E-state index in [0.717, 1.165) is 5.56 Å². The molecule has 2 amide bonds. The number of nitrogens with zero attached hydrogens (tertiary/aromatic N) is 2. The van der Waals surface area contributed by atoms with Crippen LogP contribution in [-0.2, 0) is 9.59 Å². The third kappa shape index (κ3) is 4.61. The second kappa shape index (κ2) is 8.58. The zero-order chi connectivity index (χ0) is 20.3. The van der Waals surface area contributed by atoms with Gasteiger partial charge in [-0.25, -0.2) is 4.39 Å². The highest BCUT2D eigenvalue weighted by atomic mass is 35.5. The quantitative estimate of drug-likeness (QED) is 0.802. The van der Waals surface area contributed by atoms with Crippen LogP contribution >= 0.6 is 11.6 Å². The van der Waals surface area contributed by atoms with Crippen LogP contribution in [0.5, 0.6) is 5.75 Å². The SMILES string of the molecule is CN(C)C(CNC(=O)CN1C(=O)COc2ccc(Cl)cc21)c1cccc(F)c1. The van der Waals surface area contributed by atoms with Gasteiger partial charge in [0.15, 0.2) is 6.61 Å². The van der Waals surface area contributed by atoms with Gasteiger partial charge in [-0.1, -0.05) is 23.7 Å². The number of hydrogen-bond acceptors (Lipinski definition) is 4. The van der Waals surface area contributed by atoms with Crippen molar-refractivity contribution in [3.63, 3.8) is 0 Å². The predicted molar refractivity (Wildman–Crippen MR) is 105 cm³/mol. The molecule has 0 saturated heterocycles. The molecule has 0 spiro atoms. The van der Waals surface area contributed by atoms with Crippen LogP contribution in [0, 0.1) is 5.82 Å². The summed E-state index contributed by atoms with van der Waals surface area (Å²) in [4.78, 5) is 28.0. The van der Waals surface area contributed by atoms with Crippen LogP contribution in [0.1, 0.15) is 11.6 Å². The summed E-state index contributed by atoms with van der Waals surface area (Å²) in [5, 5.41) is 3.27. The first-order valence-electron chi connectivity index (χ1n) is 8.76. The number of carbonyl (C=O) groups excluding carboxylic acids is 2. The maximum Gasteiger partial charge on any atom is 0.265 e. The van der Waals surface area contributed by atoms with Gasteiger partial charge in [-0.2, -0.15) is 0 Å². The summed E-state index contributed by atoms with van der Waals surface area (Å²) in [5.41, 5.74) is 1.22. The van der Waals surface area contributed by atoms with Gasteiger partial charge in [0, 0.05) is 11.6 Å². The van der Waals surface area contributed by atoms with Crippen molar-refractivity contribution in [3.8, 4) is 5.75 Å². The van der Waals surface area contributed by atoms with Gasteiger partial charge >= 0.3 is 0 Å². The van der Waals surface area contributed by atoms with Gasteiger partial charge in [0.25, 0.3) is 5.91 Å². The molecule has 2 aromatic carbocycles. The zero-order valence-electron chi connectivity index (χ0n) is 15.6.